The Bertz CT molecular complexity index is 404. The number of ether oxygens (including phenoxy) is 1. The van der Waals surface area contributed by atoms with Crippen LogP contribution in [-0.4, -0.2) is 28.0 Å². The Morgan fingerprint density at radius 3 is 2.81 bits per heavy atom. The van der Waals surface area contributed by atoms with Crippen LogP contribution >= 0.6 is 12.2 Å². The molecular weight excluding hydrogens is 222 g/mol. The molecule has 0 spiro atoms. The van der Waals surface area contributed by atoms with Crippen molar-refractivity contribution in [2.75, 3.05) is 13.2 Å². The summed E-state index contributed by atoms with van der Waals surface area (Å²) in [5.74, 6) is 1.05. The van der Waals surface area contributed by atoms with Gasteiger partial charge in [0, 0.05) is 26.2 Å². The molecule has 0 aromatic carbocycles. The molecule has 0 saturated carbocycles. The molecule has 16 heavy (non-hydrogen) atoms. The minimum atomic E-state index is 0.296. The molecule has 1 aromatic heterocycles. The summed E-state index contributed by atoms with van der Waals surface area (Å²) in [6.45, 7) is 7.10. The van der Waals surface area contributed by atoms with Crippen LogP contribution < -0.4 is 0 Å². The van der Waals surface area contributed by atoms with Crippen LogP contribution in [0.3, 0.4) is 0 Å². The molecule has 0 amide bonds. The van der Waals surface area contributed by atoms with Gasteiger partial charge in [0.15, 0.2) is 4.77 Å². The Hall–Kier alpha value is -0.680. The zero-order valence-electron chi connectivity index (χ0n) is 9.95. The summed E-state index contributed by atoms with van der Waals surface area (Å²) in [7, 11) is 0. The Balaban J connectivity index is 2.18. The molecular formula is C11H19N3OS. The van der Waals surface area contributed by atoms with E-state index in [0.717, 1.165) is 49.6 Å². The maximum absolute atomic E-state index is 5.41. The van der Waals surface area contributed by atoms with Crippen molar-refractivity contribution >= 4 is 12.2 Å². The molecule has 90 valence electrons. The van der Waals surface area contributed by atoms with Crippen LogP contribution in [0.4, 0.5) is 0 Å². The second-order valence-corrected chi connectivity index (χ2v) is 5.19. The summed E-state index contributed by atoms with van der Waals surface area (Å²) < 4.78 is 8.29. The Morgan fingerprint density at radius 2 is 2.19 bits per heavy atom. The van der Waals surface area contributed by atoms with Crippen molar-refractivity contribution in [2.24, 2.45) is 5.41 Å². The van der Waals surface area contributed by atoms with Gasteiger partial charge in [-0.2, -0.15) is 5.10 Å². The zero-order chi connectivity index (χ0) is 11.6. The molecule has 0 unspecified atom stereocenters. The number of rotatable bonds is 3. The summed E-state index contributed by atoms with van der Waals surface area (Å²) in [6.07, 6.45) is 3.12. The van der Waals surface area contributed by atoms with Crippen LogP contribution in [0.1, 0.15) is 32.5 Å². The lowest BCUT2D eigenvalue weighted by Gasteiger charge is -2.33. The van der Waals surface area contributed by atoms with Gasteiger partial charge in [-0.3, -0.25) is 5.10 Å². The van der Waals surface area contributed by atoms with Gasteiger partial charge in [-0.05, 0) is 30.5 Å². The largest absolute Gasteiger partial charge is 0.381 e. The zero-order valence-corrected chi connectivity index (χ0v) is 10.8. The van der Waals surface area contributed by atoms with Gasteiger partial charge in [-0.15, -0.1) is 0 Å². The van der Waals surface area contributed by atoms with Gasteiger partial charge >= 0.3 is 0 Å². The van der Waals surface area contributed by atoms with Crippen LogP contribution in [0.15, 0.2) is 0 Å². The quantitative estimate of drug-likeness (QED) is 0.826. The van der Waals surface area contributed by atoms with E-state index in [1.165, 1.54) is 0 Å². The van der Waals surface area contributed by atoms with Crippen LogP contribution in [0.5, 0.6) is 0 Å². The van der Waals surface area contributed by atoms with E-state index in [1.807, 2.05) is 0 Å². The monoisotopic (exact) mass is 241 g/mol. The Labute approximate surface area is 101 Å². The van der Waals surface area contributed by atoms with Gasteiger partial charge in [-0.1, -0.05) is 13.8 Å². The van der Waals surface area contributed by atoms with Gasteiger partial charge < -0.3 is 9.30 Å². The van der Waals surface area contributed by atoms with E-state index in [9.17, 15) is 0 Å². The fourth-order valence-corrected chi connectivity index (χ4v) is 2.40. The van der Waals surface area contributed by atoms with Crippen LogP contribution in [-0.2, 0) is 17.7 Å². The molecule has 5 heteroatoms. The van der Waals surface area contributed by atoms with Gasteiger partial charge in [-0.25, -0.2) is 0 Å². The number of nitrogens with zero attached hydrogens (tertiary/aromatic N) is 2. The number of hydrogen-bond acceptors (Lipinski definition) is 3. The molecule has 1 aromatic rings. The molecule has 1 fully saturated rings. The fraction of sp³-hybridized carbons (Fsp3) is 0.818. The second kappa shape index (κ2) is 4.67. The maximum atomic E-state index is 5.41. The Morgan fingerprint density at radius 1 is 1.50 bits per heavy atom. The SMILES string of the molecule is CCc1n[nH]c(=S)n1CC1(C)CCOCC1. The molecule has 4 nitrogen and oxygen atoms in total. The third-order valence-corrected chi connectivity index (χ3v) is 3.70. The third-order valence-electron chi connectivity index (χ3n) is 3.39. The summed E-state index contributed by atoms with van der Waals surface area (Å²) in [5.41, 5.74) is 0.296. The number of hydrogen-bond donors (Lipinski definition) is 1. The van der Waals surface area contributed by atoms with E-state index in [4.69, 9.17) is 17.0 Å². The number of aromatic nitrogens is 3. The van der Waals surface area contributed by atoms with Gasteiger partial charge in [0.05, 0.1) is 0 Å². The number of nitrogens with one attached hydrogen (secondary N) is 1. The molecule has 1 N–H and O–H groups in total. The van der Waals surface area contributed by atoms with Gasteiger partial charge in [0.2, 0.25) is 0 Å². The fourth-order valence-electron chi connectivity index (χ4n) is 2.19. The van der Waals surface area contributed by atoms with Gasteiger partial charge in [0.1, 0.15) is 5.82 Å². The van der Waals surface area contributed by atoms with Crippen molar-refractivity contribution in [1.82, 2.24) is 14.8 Å². The first-order chi connectivity index (χ1) is 7.64. The lowest BCUT2D eigenvalue weighted by Crippen LogP contribution is -2.31. The molecule has 0 atom stereocenters. The van der Waals surface area contributed by atoms with E-state index in [-0.39, 0.29) is 0 Å². The minimum absolute atomic E-state index is 0.296. The summed E-state index contributed by atoms with van der Waals surface area (Å²) in [5, 5.41) is 7.12. The van der Waals surface area contributed by atoms with Crippen LogP contribution in [0.25, 0.3) is 0 Å². The highest BCUT2D eigenvalue weighted by atomic mass is 32.1. The Kier molecular flexibility index (Phi) is 3.44. The average molecular weight is 241 g/mol. The van der Waals surface area contributed by atoms with Crippen molar-refractivity contribution in [3.63, 3.8) is 0 Å². The highest BCUT2D eigenvalue weighted by molar-refractivity contribution is 7.71. The van der Waals surface area contributed by atoms with Crippen LogP contribution in [0.2, 0.25) is 0 Å². The number of aromatic amines is 1. The first-order valence-corrected chi connectivity index (χ1v) is 6.27. The molecule has 2 rings (SSSR count). The summed E-state index contributed by atoms with van der Waals surface area (Å²) in [4.78, 5) is 0. The normalized spacial score (nSPS) is 19.9. The topological polar surface area (TPSA) is 42.8 Å². The first-order valence-electron chi connectivity index (χ1n) is 5.86. The molecule has 1 aliphatic heterocycles. The highest BCUT2D eigenvalue weighted by Crippen LogP contribution is 2.31. The molecule has 0 radical (unpaired) electrons. The summed E-state index contributed by atoms with van der Waals surface area (Å²) in [6, 6.07) is 0. The average Bonchev–Trinajstić information content (AvgIpc) is 2.61. The first kappa shape index (κ1) is 11.8. The molecule has 2 heterocycles. The maximum Gasteiger partial charge on any atom is 0.195 e. The van der Waals surface area contributed by atoms with E-state index in [0.29, 0.717) is 5.41 Å². The smallest absolute Gasteiger partial charge is 0.195 e. The molecule has 1 saturated heterocycles. The van der Waals surface area contributed by atoms with Crippen molar-refractivity contribution < 1.29 is 4.74 Å². The lowest BCUT2D eigenvalue weighted by atomic mass is 9.82. The number of aryl methyl sites for hydroxylation is 1. The van der Waals surface area contributed by atoms with E-state index >= 15 is 0 Å². The third kappa shape index (κ3) is 2.35. The van der Waals surface area contributed by atoms with Crippen molar-refractivity contribution in [1.29, 1.82) is 0 Å². The standard InChI is InChI=1S/C11H19N3OS/c1-3-9-12-13-10(16)14(9)8-11(2)4-6-15-7-5-11/h3-8H2,1-2H3,(H,13,16). The molecule has 0 bridgehead atoms. The highest BCUT2D eigenvalue weighted by Gasteiger charge is 2.28. The van der Waals surface area contributed by atoms with Crippen molar-refractivity contribution in [2.45, 2.75) is 39.7 Å². The number of H-pyrrole nitrogens is 1. The molecule has 1 aliphatic rings. The predicted octanol–water partition coefficient (Wildman–Crippen LogP) is 2.32. The van der Waals surface area contributed by atoms with Gasteiger partial charge in [0.25, 0.3) is 0 Å². The molecule has 0 aliphatic carbocycles. The summed E-state index contributed by atoms with van der Waals surface area (Å²) >= 11 is 5.27. The van der Waals surface area contributed by atoms with Crippen molar-refractivity contribution in [3.05, 3.63) is 10.6 Å². The second-order valence-electron chi connectivity index (χ2n) is 4.81. The minimum Gasteiger partial charge on any atom is -0.381 e. The predicted molar refractivity (Wildman–Crippen MR) is 64.9 cm³/mol. The lowest BCUT2D eigenvalue weighted by molar-refractivity contribution is 0.0149. The van der Waals surface area contributed by atoms with E-state index in [1.54, 1.807) is 0 Å². The van der Waals surface area contributed by atoms with Crippen LogP contribution in [0, 0.1) is 10.2 Å². The van der Waals surface area contributed by atoms with E-state index in [2.05, 4.69) is 28.6 Å². The van der Waals surface area contributed by atoms with Crippen molar-refractivity contribution in [3.8, 4) is 0 Å². The van der Waals surface area contributed by atoms with E-state index < -0.39 is 0 Å².